The zero-order valence-corrected chi connectivity index (χ0v) is 13.7. The molecular formula is C16H14Cl3NO. The lowest BCUT2D eigenvalue weighted by molar-refractivity contribution is -0.130. The molecule has 0 radical (unpaired) electrons. The van der Waals surface area contributed by atoms with E-state index in [-0.39, 0.29) is 5.91 Å². The first-order valence-electron chi connectivity index (χ1n) is 6.37. The molecule has 0 saturated heterocycles. The summed E-state index contributed by atoms with van der Waals surface area (Å²) in [6.45, 7) is 0.380. The maximum atomic E-state index is 12.4. The number of hydrogen-bond donors (Lipinski definition) is 0. The molecule has 0 bridgehead atoms. The number of benzene rings is 2. The van der Waals surface area contributed by atoms with Crippen LogP contribution in [0.2, 0.25) is 10.0 Å². The van der Waals surface area contributed by atoms with Crippen LogP contribution >= 0.6 is 34.8 Å². The molecule has 0 aliphatic rings. The van der Waals surface area contributed by atoms with Gasteiger partial charge in [-0.3, -0.25) is 4.79 Å². The van der Waals surface area contributed by atoms with E-state index in [0.717, 1.165) is 11.1 Å². The number of alkyl halides is 1. The molecule has 2 nitrogen and oxygen atoms in total. The van der Waals surface area contributed by atoms with Gasteiger partial charge in [0.15, 0.2) is 0 Å². The maximum Gasteiger partial charge on any atom is 0.245 e. The summed E-state index contributed by atoms with van der Waals surface area (Å²) in [5, 5.41) is 0.396. The second kappa shape index (κ2) is 7.17. The molecule has 1 amide bonds. The smallest absolute Gasteiger partial charge is 0.245 e. The van der Waals surface area contributed by atoms with Gasteiger partial charge in [-0.15, -0.1) is 11.6 Å². The molecule has 0 aromatic heterocycles. The molecule has 0 saturated carbocycles. The lowest BCUT2D eigenvalue weighted by Crippen LogP contribution is -2.29. The third-order valence-corrected chi connectivity index (χ3v) is 4.13. The second-order valence-electron chi connectivity index (χ2n) is 4.70. The first-order valence-corrected chi connectivity index (χ1v) is 7.56. The van der Waals surface area contributed by atoms with E-state index in [1.807, 2.05) is 30.3 Å². The average Bonchev–Trinajstić information content (AvgIpc) is 2.49. The van der Waals surface area contributed by atoms with Gasteiger partial charge in [-0.25, -0.2) is 0 Å². The summed E-state index contributed by atoms with van der Waals surface area (Å²) < 4.78 is 0. The SMILES string of the molecule is CN(Cc1ccc(Cl)cc1Cl)C(=O)C(Cl)c1ccccc1. The second-order valence-corrected chi connectivity index (χ2v) is 5.98. The summed E-state index contributed by atoms with van der Waals surface area (Å²) in [6, 6.07) is 14.5. The third-order valence-electron chi connectivity index (χ3n) is 3.11. The largest absolute Gasteiger partial charge is 0.340 e. The zero-order chi connectivity index (χ0) is 15.4. The summed E-state index contributed by atoms with van der Waals surface area (Å²) in [4.78, 5) is 13.9. The summed E-state index contributed by atoms with van der Waals surface area (Å²) in [7, 11) is 1.70. The van der Waals surface area contributed by atoms with Gasteiger partial charge in [-0.1, -0.05) is 59.6 Å². The predicted molar refractivity (Wildman–Crippen MR) is 88.0 cm³/mol. The first-order chi connectivity index (χ1) is 9.99. The van der Waals surface area contributed by atoms with Crippen molar-refractivity contribution in [3.8, 4) is 0 Å². The number of hydrogen-bond acceptors (Lipinski definition) is 1. The van der Waals surface area contributed by atoms with Crippen molar-refractivity contribution < 1.29 is 4.79 Å². The van der Waals surface area contributed by atoms with Crippen molar-refractivity contribution in [1.82, 2.24) is 4.90 Å². The monoisotopic (exact) mass is 341 g/mol. The first kappa shape index (κ1) is 16.2. The standard InChI is InChI=1S/C16H14Cl3NO/c1-20(10-12-7-8-13(17)9-14(12)18)16(21)15(19)11-5-3-2-4-6-11/h2-9,15H,10H2,1H3. The molecule has 1 unspecified atom stereocenters. The van der Waals surface area contributed by atoms with Crippen molar-refractivity contribution in [2.45, 2.75) is 11.9 Å². The van der Waals surface area contributed by atoms with E-state index in [4.69, 9.17) is 34.8 Å². The zero-order valence-electron chi connectivity index (χ0n) is 11.4. The topological polar surface area (TPSA) is 20.3 Å². The van der Waals surface area contributed by atoms with Crippen LogP contribution in [0.25, 0.3) is 0 Å². The van der Waals surface area contributed by atoms with Gasteiger partial charge < -0.3 is 4.90 Å². The number of likely N-dealkylation sites (N-methyl/N-ethyl adjacent to an activating group) is 1. The van der Waals surface area contributed by atoms with Crippen molar-refractivity contribution in [3.63, 3.8) is 0 Å². The normalized spacial score (nSPS) is 12.0. The molecule has 1 atom stereocenters. The number of halogens is 3. The lowest BCUT2D eigenvalue weighted by Gasteiger charge is -2.21. The number of carbonyl (C=O) groups is 1. The quantitative estimate of drug-likeness (QED) is 0.721. The molecule has 110 valence electrons. The summed E-state index contributed by atoms with van der Waals surface area (Å²) in [5.74, 6) is -0.172. The van der Waals surface area contributed by atoms with Gasteiger partial charge in [0.1, 0.15) is 5.38 Å². The highest BCUT2D eigenvalue weighted by atomic mass is 35.5. The highest BCUT2D eigenvalue weighted by Gasteiger charge is 2.21. The van der Waals surface area contributed by atoms with Gasteiger partial charge in [-0.05, 0) is 23.3 Å². The molecule has 0 spiro atoms. The summed E-state index contributed by atoms with van der Waals surface area (Å²) in [5.41, 5.74) is 1.60. The molecule has 0 N–H and O–H groups in total. The fourth-order valence-corrected chi connectivity index (χ4v) is 2.72. The van der Waals surface area contributed by atoms with Gasteiger partial charge in [0, 0.05) is 23.6 Å². The van der Waals surface area contributed by atoms with Crippen LogP contribution in [-0.4, -0.2) is 17.9 Å². The molecule has 2 rings (SSSR count). The number of amides is 1. The van der Waals surface area contributed by atoms with Gasteiger partial charge in [0.2, 0.25) is 5.91 Å². The van der Waals surface area contributed by atoms with Crippen molar-refractivity contribution in [2.75, 3.05) is 7.05 Å². The van der Waals surface area contributed by atoms with Gasteiger partial charge in [-0.2, -0.15) is 0 Å². The minimum absolute atomic E-state index is 0.172. The fraction of sp³-hybridized carbons (Fsp3) is 0.188. The van der Waals surface area contributed by atoms with Crippen molar-refractivity contribution >= 4 is 40.7 Å². The van der Waals surface area contributed by atoms with Crippen LogP contribution in [0, 0.1) is 0 Å². The van der Waals surface area contributed by atoms with Crippen LogP contribution in [0.15, 0.2) is 48.5 Å². The van der Waals surface area contributed by atoms with Gasteiger partial charge >= 0.3 is 0 Å². The molecule has 2 aromatic rings. The van der Waals surface area contributed by atoms with Crippen molar-refractivity contribution in [1.29, 1.82) is 0 Å². The van der Waals surface area contributed by atoms with E-state index >= 15 is 0 Å². The molecular weight excluding hydrogens is 329 g/mol. The maximum absolute atomic E-state index is 12.4. The highest BCUT2D eigenvalue weighted by molar-refractivity contribution is 6.35. The van der Waals surface area contributed by atoms with Crippen LogP contribution in [0.4, 0.5) is 0 Å². The Bertz CT molecular complexity index is 631. The average molecular weight is 343 g/mol. The summed E-state index contributed by atoms with van der Waals surface area (Å²) >= 11 is 18.2. The Labute approximate surface area is 139 Å². The van der Waals surface area contributed by atoms with Crippen molar-refractivity contribution in [2.24, 2.45) is 0 Å². The van der Waals surface area contributed by atoms with Crippen LogP contribution < -0.4 is 0 Å². The predicted octanol–water partition coefficient (Wildman–Crippen LogP) is 4.93. The lowest BCUT2D eigenvalue weighted by atomic mass is 10.1. The Morgan fingerprint density at radius 3 is 2.43 bits per heavy atom. The number of rotatable bonds is 4. The molecule has 0 aliphatic heterocycles. The van der Waals surface area contributed by atoms with E-state index in [2.05, 4.69) is 0 Å². The van der Waals surface area contributed by atoms with Crippen molar-refractivity contribution in [3.05, 3.63) is 69.7 Å². The number of carbonyl (C=O) groups excluding carboxylic acids is 1. The van der Waals surface area contributed by atoms with Crippen LogP contribution in [0.5, 0.6) is 0 Å². The Morgan fingerprint density at radius 2 is 1.81 bits per heavy atom. The molecule has 2 aromatic carbocycles. The van der Waals surface area contributed by atoms with Gasteiger partial charge in [0.05, 0.1) is 0 Å². The third kappa shape index (κ3) is 4.13. The molecule has 0 fully saturated rings. The Morgan fingerprint density at radius 1 is 1.14 bits per heavy atom. The van der Waals surface area contributed by atoms with E-state index in [1.165, 1.54) is 0 Å². The Balaban J connectivity index is 2.09. The minimum atomic E-state index is -0.706. The van der Waals surface area contributed by atoms with Crippen LogP contribution in [0.3, 0.4) is 0 Å². The molecule has 0 heterocycles. The molecule has 21 heavy (non-hydrogen) atoms. The highest BCUT2D eigenvalue weighted by Crippen LogP contribution is 2.25. The Hall–Kier alpha value is -1.22. The van der Waals surface area contributed by atoms with E-state index in [9.17, 15) is 4.79 Å². The minimum Gasteiger partial charge on any atom is -0.340 e. The molecule has 5 heteroatoms. The van der Waals surface area contributed by atoms with E-state index < -0.39 is 5.38 Å². The van der Waals surface area contributed by atoms with Crippen LogP contribution in [-0.2, 0) is 11.3 Å². The number of nitrogens with zero attached hydrogens (tertiary/aromatic N) is 1. The van der Waals surface area contributed by atoms with Gasteiger partial charge in [0.25, 0.3) is 0 Å². The van der Waals surface area contributed by atoms with Crippen LogP contribution in [0.1, 0.15) is 16.5 Å². The molecule has 0 aliphatic carbocycles. The summed E-state index contributed by atoms with van der Waals surface area (Å²) in [6.07, 6.45) is 0. The van der Waals surface area contributed by atoms with E-state index in [1.54, 1.807) is 30.1 Å². The fourth-order valence-electron chi connectivity index (χ4n) is 1.94. The van der Waals surface area contributed by atoms with E-state index in [0.29, 0.717) is 16.6 Å². The Kier molecular flexibility index (Phi) is 5.51.